The Hall–Kier alpha value is -3.26. The van der Waals surface area contributed by atoms with Crippen LogP contribution < -0.4 is 21.1 Å². The SMILES string of the molecule is CCC1Cc2[nH]c(-c3ccnc(N)n3)c(Nc3cccc(Cl)c3OC)c2C(=O)N1. The molecule has 0 saturated heterocycles. The van der Waals surface area contributed by atoms with Crippen LogP contribution in [-0.2, 0) is 6.42 Å². The average molecular weight is 413 g/mol. The third kappa shape index (κ3) is 3.47. The molecule has 5 N–H and O–H groups in total. The lowest BCUT2D eigenvalue weighted by Gasteiger charge is -2.23. The van der Waals surface area contributed by atoms with Crippen molar-refractivity contribution in [3.63, 3.8) is 0 Å². The Morgan fingerprint density at radius 3 is 2.93 bits per heavy atom. The number of carbonyl (C=O) groups excluding carboxylic acids is 1. The first kappa shape index (κ1) is 19.1. The van der Waals surface area contributed by atoms with Crippen LogP contribution in [0.1, 0.15) is 29.4 Å². The Morgan fingerprint density at radius 2 is 2.21 bits per heavy atom. The predicted octanol–water partition coefficient (Wildman–Crippen LogP) is 3.52. The van der Waals surface area contributed by atoms with Gasteiger partial charge in [-0.15, -0.1) is 0 Å². The first-order valence-corrected chi connectivity index (χ1v) is 9.63. The van der Waals surface area contributed by atoms with Crippen LogP contribution in [0.25, 0.3) is 11.4 Å². The fourth-order valence-corrected chi connectivity index (χ4v) is 3.79. The minimum Gasteiger partial charge on any atom is -0.493 e. The number of ether oxygens (including phenoxy) is 1. The van der Waals surface area contributed by atoms with Crippen molar-refractivity contribution >= 4 is 34.8 Å². The second-order valence-corrected chi connectivity index (χ2v) is 7.16. The largest absolute Gasteiger partial charge is 0.493 e. The number of benzene rings is 1. The smallest absolute Gasteiger partial charge is 0.255 e. The number of carbonyl (C=O) groups is 1. The summed E-state index contributed by atoms with van der Waals surface area (Å²) in [6.45, 7) is 2.04. The van der Waals surface area contributed by atoms with E-state index in [1.165, 1.54) is 0 Å². The molecule has 4 rings (SSSR count). The minimum absolute atomic E-state index is 0.0746. The zero-order valence-corrected chi connectivity index (χ0v) is 16.8. The standard InChI is InChI=1S/C20H21ClN6O2/c1-3-10-9-14-15(19(28)24-10)17(16(26-14)12-7-8-23-20(22)27-12)25-13-6-4-5-11(21)18(13)29-2/h4-8,10,25-26H,3,9H2,1-2H3,(H,24,28)(H2,22,23,27). The number of H-pyrrole nitrogens is 1. The molecule has 1 amide bonds. The van der Waals surface area contributed by atoms with Crippen molar-refractivity contribution in [3.05, 3.63) is 46.7 Å². The number of nitrogen functional groups attached to an aromatic ring is 1. The highest BCUT2D eigenvalue weighted by molar-refractivity contribution is 6.32. The summed E-state index contributed by atoms with van der Waals surface area (Å²) in [6, 6.07) is 7.19. The zero-order chi connectivity index (χ0) is 20.5. The lowest BCUT2D eigenvalue weighted by atomic mass is 9.99. The molecule has 8 nitrogen and oxygen atoms in total. The molecule has 3 aromatic rings. The third-order valence-corrected chi connectivity index (χ3v) is 5.24. The Labute approximate surface area is 172 Å². The van der Waals surface area contributed by atoms with Gasteiger partial charge in [-0.1, -0.05) is 24.6 Å². The van der Waals surface area contributed by atoms with Crippen molar-refractivity contribution in [1.82, 2.24) is 20.3 Å². The average Bonchev–Trinajstić information content (AvgIpc) is 3.07. The van der Waals surface area contributed by atoms with Gasteiger partial charge in [-0.2, -0.15) is 0 Å². The van der Waals surface area contributed by atoms with Crippen molar-refractivity contribution in [2.24, 2.45) is 0 Å². The van der Waals surface area contributed by atoms with E-state index in [1.54, 1.807) is 25.4 Å². The number of amides is 1. The number of hydrogen-bond donors (Lipinski definition) is 4. The number of aromatic amines is 1. The van der Waals surface area contributed by atoms with Crippen molar-refractivity contribution in [3.8, 4) is 17.1 Å². The van der Waals surface area contributed by atoms with Crippen molar-refractivity contribution in [2.45, 2.75) is 25.8 Å². The molecule has 2 aromatic heterocycles. The molecule has 0 spiro atoms. The van der Waals surface area contributed by atoms with E-state index >= 15 is 0 Å². The van der Waals surface area contributed by atoms with Gasteiger partial charge in [0.05, 0.1) is 40.5 Å². The van der Waals surface area contributed by atoms with E-state index in [9.17, 15) is 4.79 Å². The van der Waals surface area contributed by atoms with Gasteiger partial charge in [-0.05, 0) is 24.6 Å². The molecular formula is C20H21ClN6O2. The lowest BCUT2D eigenvalue weighted by Crippen LogP contribution is -2.40. The van der Waals surface area contributed by atoms with E-state index in [2.05, 4.69) is 25.6 Å². The number of methoxy groups -OCH3 is 1. The number of nitrogens with two attached hydrogens (primary N) is 1. The van der Waals surface area contributed by atoms with Gasteiger partial charge in [0.1, 0.15) is 0 Å². The molecule has 1 atom stereocenters. The predicted molar refractivity (Wildman–Crippen MR) is 113 cm³/mol. The maximum absolute atomic E-state index is 12.9. The lowest BCUT2D eigenvalue weighted by molar-refractivity contribution is 0.0925. The van der Waals surface area contributed by atoms with Gasteiger partial charge in [0.25, 0.3) is 5.91 Å². The zero-order valence-electron chi connectivity index (χ0n) is 16.0. The summed E-state index contributed by atoms with van der Waals surface area (Å²) in [6.07, 6.45) is 3.11. The fourth-order valence-electron chi connectivity index (χ4n) is 3.54. The molecule has 1 aromatic carbocycles. The fraction of sp³-hybridized carbons (Fsp3) is 0.250. The van der Waals surface area contributed by atoms with Gasteiger partial charge in [0, 0.05) is 24.4 Å². The molecule has 1 aliphatic rings. The first-order chi connectivity index (χ1) is 14.0. The van der Waals surface area contributed by atoms with E-state index in [-0.39, 0.29) is 17.9 Å². The summed E-state index contributed by atoms with van der Waals surface area (Å²) in [5.41, 5.74) is 9.63. The Morgan fingerprint density at radius 1 is 1.38 bits per heavy atom. The Kier molecular flexibility index (Phi) is 5.02. The van der Waals surface area contributed by atoms with Crippen molar-refractivity contribution in [1.29, 1.82) is 0 Å². The number of nitrogens with zero attached hydrogens (tertiary/aromatic N) is 2. The number of hydrogen-bond acceptors (Lipinski definition) is 6. The molecule has 9 heteroatoms. The minimum atomic E-state index is -0.147. The number of halogens is 1. The molecule has 0 bridgehead atoms. The Balaban J connectivity index is 1.89. The van der Waals surface area contributed by atoms with E-state index in [4.69, 9.17) is 22.1 Å². The summed E-state index contributed by atoms with van der Waals surface area (Å²) in [4.78, 5) is 24.6. The van der Waals surface area contributed by atoms with Gasteiger partial charge < -0.3 is 26.1 Å². The summed E-state index contributed by atoms with van der Waals surface area (Å²) < 4.78 is 5.44. The molecule has 0 aliphatic carbocycles. The topological polar surface area (TPSA) is 118 Å². The van der Waals surface area contributed by atoms with Crippen LogP contribution in [0.4, 0.5) is 17.3 Å². The van der Waals surface area contributed by atoms with Crippen molar-refractivity contribution in [2.75, 3.05) is 18.2 Å². The second kappa shape index (κ2) is 7.63. The van der Waals surface area contributed by atoms with E-state index in [0.29, 0.717) is 45.5 Å². The highest BCUT2D eigenvalue weighted by Crippen LogP contribution is 2.40. The van der Waals surface area contributed by atoms with E-state index < -0.39 is 0 Å². The molecule has 0 saturated carbocycles. The number of aromatic nitrogens is 3. The molecule has 29 heavy (non-hydrogen) atoms. The van der Waals surface area contributed by atoms with Crippen molar-refractivity contribution < 1.29 is 9.53 Å². The number of anilines is 3. The Bertz CT molecular complexity index is 1080. The van der Waals surface area contributed by atoms with Crippen LogP contribution >= 0.6 is 11.6 Å². The van der Waals surface area contributed by atoms with Crippen LogP contribution in [0.5, 0.6) is 5.75 Å². The van der Waals surface area contributed by atoms with Crippen LogP contribution in [0.15, 0.2) is 30.5 Å². The van der Waals surface area contributed by atoms with Crippen LogP contribution in [0, 0.1) is 0 Å². The maximum Gasteiger partial charge on any atom is 0.255 e. The summed E-state index contributed by atoms with van der Waals surface area (Å²) in [5, 5.41) is 6.83. The van der Waals surface area contributed by atoms with Crippen LogP contribution in [-0.4, -0.2) is 34.0 Å². The number of rotatable bonds is 5. The van der Waals surface area contributed by atoms with Gasteiger partial charge in [-0.25, -0.2) is 9.97 Å². The normalized spacial score (nSPS) is 15.6. The molecule has 1 aliphatic heterocycles. The second-order valence-electron chi connectivity index (χ2n) is 6.76. The van der Waals surface area contributed by atoms with Gasteiger partial charge in [0.15, 0.2) is 5.75 Å². The summed E-state index contributed by atoms with van der Waals surface area (Å²) >= 11 is 6.27. The van der Waals surface area contributed by atoms with E-state index in [0.717, 1.165) is 12.1 Å². The molecule has 1 unspecified atom stereocenters. The quantitative estimate of drug-likeness (QED) is 0.509. The summed E-state index contributed by atoms with van der Waals surface area (Å²) in [7, 11) is 1.55. The summed E-state index contributed by atoms with van der Waals surface area (Å²) in [5.74, 6) is 0.489. The molecule has 0 fully saturated rings. The van der Waals surface area contributed by atoms with Gasteiger partial charge >= 0.3 is 0 Å². The van der Waals surface area contributed by atoms with Crippen LogP contribution in [0.2, 0.25) is 5.02 Å². The molecule has 0 radical (unpaired) electrons. The molecular weight excluding hydrogens is 392 g/mol. The molecule has 150 valence electrons. The number of nitrogens with one attached hydrogen (secondary N) is 3. The van der Waals surface area contributed by atoms with Gasteiger partial charge in [-0.3, -0.25) is 4.79 Å². The highest BCUT2D eigenvalue weighted by atomic mass is 35.5. The van der Waals surface area contributed by atoms with Crippen LogP contribution in [0.3, 0.4) is 0 Å². The number of para-hydroxylation sites is 1. The van der Waals surface area contributed by atoms with Gasteiger partial charge in [0.2, 0.25) is 5.95 Å². The van der Waals surface area contributed by atoms with E-state index in [1.807, 2.05) is 19.1 Å². The molecule has 3 heterocycles. The third-order valence-electron chi connectivity index (χ3n) is 4.94. The monoisotopic (exact) mass is 412 g/mol. The maximum atomic E-state index is 12.9. The number of fused-ring (bicyclic) bond motifs is 1. The first-order valence-electron chi connectivity index (χ1n) is 9.26. The highest BCUT2D eigenvalue weighted by Gasteiger charge is 2.31.